The number of rotatable bonds is 4. The van der Waals surface area contributed by atoms with Crippen LogP contribution in [0.4, 0.5) is 0 Å². The first-order valence-electron chi connectivity index (χ1n) is 11.4. The van der Waals surface area contributed by atoms with Crippen molar-refractivity contribution in [3.63, 3.8) is 0 Å². The standard InChI is InChI=1S/C29H23N3/c1-2-3-17-30-19-31(27-14-7-6-13-26(27)30)20-15-16-22-24-11-8-10-23-21-9-4-5-12-25(21)32(29(23)24)28(22)18-20/h4-16,18H,2-3,17H2,1H3. The largest absolute Gasteiger partial charge is 0.319 e. The number of unbranched alkanes of at least 4 members (excludes halogenated alkanes) is 1. The van der Waals surface area contributed by atoms with E-state index in [0.29, 0.717) is 0 Å². The summed E-state index contributed by atoms with van der Waals surface area (Å²) in [5.41, 5.74) is 7.42. The van der Waals surface area contributed by atoms with Crippen molar-refractivity contribution in [3.8, 4) is 5.69 Å². The van der Waals surface area contributed by atoms with Crippen molar-refractivity contribution in [2.45, 2.75) is 26.3 Å². The Hall–Kier alpha value is -3.85. The maximum atomic E-state index is 3.63. The molecule has 0 aliphatic rings. The maximum Gasteiger partial charge on any atom is 0.244 e. The first-order chi connectivity index (χ1) is 15.8. The number of fused-ring (bicyclic) bond motifs is 7. The lowest BCUT2D eigenvalue weighted by molar-refractivity contribution is -0.676. The van der Waals surface area contributed by atoms with Gasteiger partial charge in [0.25, 0.3) is 0 Å². The molecule has 0 saturated heterocycles. The molecule has 0 amide bonds. The number of aryl methyl sites for hydroxylation is 1. The summed E-state index contributed by atoms with van der Waals surface area (Å²) in [5.74, 6) is 0. The van der Waals surface area contributed by atoms with E-state index >= 15 is 0 Å². The van der Waals surface area contributed by atoms with E-state index in [2.05, 4.69) is 112 Å². The molecule has 3 aromatic heterocycles. The Bertz CT molecular complexity index is 1770. The van der Waals surface area contributed by atoms with Gasteiger partial charge in [0.2, 0.25) is 6.33 Å². The van der Waals surface area contributed by atoms with Gasteiger partial charge in [0, 0.05) is 27.1 Å². The Morgan fingerprint density at radius 1 is 0.719 bits per heavy atom. The van der Waals surface area contributed by atoms with Gasteiger partial charge in [-0.3, -0.25) is 0 Å². The van der Waals surface area contributed by atoms with Gasteiger partial charge in [-0.15, -0.1) is 0 Å². The third kappa shape index (κ3) is 2.28. The molecule has 0 radical (unpaired) electrons. The molecule has 0 saturated carbocycles. The smallest absolute Gasteiger partial charge is 0.244 e. The molecule has 32 heavy (non-hydrogen) atoms. The molecule has 0 unspecified atom stereocenters. The molecule has 7 aromatic rings. The number of benzene rings is 4. The lowest BCUT2D eigenvalue weighted by Crippen LogP contribution is -2.32. The van der Waals surface area contributed by atoms with Crippen LogP contribution < -0.4 is 4.57 Å². The molecular weight excluding hydrogens is 390 g/mol. The van der Waals surface area contributed by atoms with E-state index in [9.17, 15) is 0 Å². The molecule has 3 heteroatoms. The van der Waals surface area contributed by atoms with Crippen molar-refractivity contribution < 1.29 is 4.57 Å². The van der Waals surface area contributed by atoms with Crippen molar-refractivity contribution in [1.82, 2.24) is 8.97 Å². The summed E-state index contributed by atoms with van der Waals surface area (Å²) in [6, 6.07) is 30.9. The number of hydrogen-bond donors (Lipinski definition) is 0. The van der Waals surface area contributed by atoms with E-state index in [1.807, 2.05) is 0 Å². The zero-order valence-electron chi connectivity index (χ0n) is 18.0. The molecule has 4 aromatic carbocycles. The van der Waals surface area contributed by atoms with Gasteiger partial charge >= 0.3 is 0 Å². The Kier molecular flexibility index (Phi) is 3.65. The van der Waals surface area contributed by atoms with Gasteiger partial charge in [0.05, 0.1) is 34.3 Å². The fourth-order valence-corrected chi connectivity index (χ4v) is 5.35. The van der Waals surface area contributed by atoms with Crippen molar-refractivity contribution >= 4 is 49.1 Å². The Morgan fingerprint density at radius 2 is 1.44 bits per heavy atom. The summed E-state index contributed by atoms with van der Waals surface area (Å²) in [4.78, 5) is 0. The van der Waals surface area contributed by atoms with Crippen molar-refractivity contribution in [3.05, 3.63) is 91.3 Å². The number of hydrogen-bond acceptors (Lipinski definition) is 0. The minimum Gasteiger partial charge on any atom is -0.319 e. The third-order valence-electron chi connectivity index (χ3n) is 6.83. The summed E-state index contributed by atoms with van der Waals surface area (Å²) in [7, 11) is 0. The highest BCUT2D eigenvalue weighted by atomic mass is 15.1. The fraction of sp³-hybridized carbons (Fsp3) is 0.138. The molecule has 0 N–H and O–H groups in total. The topological polar surface area (TPSA) is 13.2 Å². The average molecular weight is 414 g/mol. The molecule has 154 valence electrons. The minimum absolute atomic E-state index is 0.989. The summed E-state index contributed by atoms with van der Waals surface area (Å²) in [6.07, 6.45) is 5.96. The first-order valence-corrected chi connectivity index (χ1v) is 11.4. The third-order valence-corrected chi connectivity index (χ3v) is 6.83. The van der Waals surface area contributed by atoms with Crippen LogP contribution in [-0.2, 0) is 6.54 Å². The van der Waals surface area contributed by atoms with Crippen molar-refractivity contribution in [1.29, 1.82) is 0 Å². The first kappa shape index (κ1) is 17.8. The number of imidazole rings is 1. The molecule has 0 aliphatic carbocycles. The van der Waals surface area contributed by atoms with Crippen LogP contribution in [0.3, 0.4) is 0 Å². The van der Waals surface area contributed by atoms with Gasteiger partial charge in [-0.25, -0.2) is 0 Å². The van der Waals surface area contributed by atoms with E-state index in [4.69, 9.17) is 0 Å². The number of para-hydroxylation sites is 4. The molecule has 0 fully saturated rings. The summed E-state index contributed by atoms with van der Waals surface area (Å²) in [6.45, 7) is 3.23. The monoisotopic (exact) mass is 413 g/mol. The van der Waals surface area contributed by atoms with Crippen LogP contribution in [0, 0.1) is 6.33 Å². The Morgan fingerprint density at radius 3 is 2.28 bits per heavy atom. The lowest BCUT2D eigenvalue weighted by Gasteiger charge is -2.06. The molecule has 0 atom stereocenters. The quantitative estimate of drug-likeness (QED) is 0.226. The summed E-state index contributed by atoms with van der Waals surface area (Å²) >= 11 is 0. The van der Waals surface area contributed by atoms with Gasteiger partial charge < -0.3 is 13.5 Å². The Labute approximate surface area is 186 Å². The molecule has 7 rings (SSSR count). The highest BCUT2D eigenvalue weighted by Crippen LogP contribution is 2.39. The second-order valence-corrected chi connectivity index (χ2v) is 8.69. The van der Waals surface area contributed by atoms with Crippen LogP contribution >= 0.6 is 0 Å². The van der Waals surface area contributed by atoms with Gasteiger partial charge in [0.1, 0.15) is 0 Å². The lowest BCUT2D eigenvalue weighted by atomic mass is 10.1. The van der Waals surface area contributed by atoms with Crippen molar-refractivity contribution in [2.75, 3.05) is 0 Å². The van der Waals surface area contributed by atoms with Gasteiger partial charge in [-0.2, -0.15) is 0 Å². The zero-order valence-corrected chi connectivity index (χ0v) is 18.0. The summed E-state index contributed by atoms with van der Waals surface area (Å²) < 4.78 is 6.93. The van der Waals surface area contributed by atoms with Crippen LogP contribution in [0.5, 0.6) is 0 Å². The van der Waals surface area contributed by atoms with Crippen molar-refractivity contribution in [2.24, 2.45) is 0 Å². The predicted octanol–water partition coefficient (Wildman–Crippen LogP) is 6.67. The maximum absolute atomic E-state index is 3.63. The molecule has 0 spiro atoms. The van der Waals surface area contributed by atoms with E-state index in [1.165, 1.54) is 55.5 Å². The second kappa shape index (κ2) is 6.57. The van der Waals surface area contributed by atoms with Crippen LogP contribution in [0.2, 0.25) is 0 Å². The SMILES string of the molecule is CCCC[n+]1[c-]n(-c2ccc3c4cccc5c6ccccc6n(c3c2)c54)c2ccccc21. The van der Waals surface area contributed by atoms with Gasteiger partial charge in [0.15, 0.2) is 0 Å². The normalized spacial score (nSPS) is 12.3. The second-order valence-electron chi connectivity index (χ2n) is 8.69. The summed E-state index contributed by atoms with van der Waals surface area (Å²) in [5, 5.41) is 5.26. The average Bonchev–Trinajstić information content (AvgIpc) is 3.49. The zero-order chi connectivity index (χ0) is 21.2. The van der Waals surface area contributed by atoms with Gasteiger partial charge in [-0.05, 0) is 18.6 Å². The molecule has 3 nitrogen and oxygen atoms in total. The van der Waals surface area contributed by atoms with Crippen LogP contribution in [0.15, 0.2) is 84.9 Å². The van der Waals surface area contributed by atoms with Crippen LogP contribution in [0.1, 0.15) is 19.8 Å². The predicted molar refractivity (Wildman–Crippen MR) is 132 cm³/mol. The van der Waals surface area contributed by atoms with Gasteiger partial charge in [-0.1, -0.05) is 86.1 Å². The molecular formula is C29H23N3. The molecule has 0 bridgehead atoms. The van der Waals surface area contributed by atoms with E-state index in [-0.39, 0.29) is 0 Å². The number of aromatic nitrogens is 3. The van der Waals surface area contributed by atoms with E-state index < -0.39 is 0 Å². The fourth-order valence-electron chi connectivity index (χ4n) is 5.35. The van der Waals surface area contributed by atoms with E-state index in [1.54, 1.807) is 0 Å². The number of nitrogens with zero attached hydrogens (tertiary/aromatic N) is 3. The molecule has 0 aliphatic heterocycles. The highest BCUT2D eigenvalue weighted by Gasteiger charge is 2.17. The molecule has 3 heterocycles. The minimum atomic E-state index is 0.989. The van der Waals surface area contributed by atoms with Crippen LogP contribution in [-0.4, -0.2) is 8.97 Å². The van der Waals surface area contributed by atoms with Crippen LogP contribution in [0.25, 0.3) is 54.8 Å². The van der Waals surface area contributed by atoms with E-state index in [0.717, 1.165) is 18.7 Å². The highest BCUT2D eigenvalue weighted by molar-refractivity contribution is 6.23. The Balaban J connectivity index is 1.55.